The first-order chi connectivity index (χ1) is 14.3. The quantitative estimate of drug-likeness (QED) is 0.782. The van der Waals surface area contributed by atoms with Crippen molar-refractivity contribution in [3.63, 3.8) is 0 Å². The lowest BCUT2D eigenvalue weighted by atomic mass is 10.1. The number of carbonyl (C=O) groups excluding carboxylic acids is 1. The molecular formula is C22H27N3O4. The SMILES string of the molecule is O=C(NC[C@@H]1COc2ccccc2O1)N[C@@H](CN1CCOCC1)c1ccccc1. The number of ether oxygens (including phenoxy) is 3. The van der Waals surface area contributed by atoms with E-state index in [1.54, 1.807) is 0 Å². The molecule has 7 heteroatoms. The molecular weight excluding hydrogens is 370 g/mol. The number of para-hydroxylation sites is 2. The van der Waals surface area contributed by atoms with E-state index in [1.807, 2.05) is 54.6 Å². The summed E-state index contributed by atoms with van der Waals surface area (Å²) < 4.78 is 17.0. The van der Waals surface area contributed by atoms with Gasteiger partial charge in [-0.3, -0.25) is 4.90 Å². The molecule has 0 unspecified atom stereocenters. The Balaban J connectivity index is 1.31. The van der Waals surface area contributed by atoms with E-state index in [0.29, 0.717) is 18.9 Å². The number of nitrogens with one attached hydrogen (secondary N) is 2. The fourth-order valence-corrected chi connectivity index (χ4v) is 3.54. The van der Waals surface area contributed by atoms with Crippen LogP contribution in [0.4, 0.5) is 4.79 Å². The van der Waals surface area contributed by atoms with Crippen LogP contribution in [0.5, 0.6) is 11.5 Å². The van der Waals surface area contributed by atoms with Crippen LogP contribution in [0.15, 0.2) is 54.6 Å². The number of urea groups is 1. The van der Waals surface area contributed by atoms with Gasteiger partial charge in [0.2, 0.25) is 0 Å². The van der Waals surface area contributed by atoms with Crippen LogP contribution >= 0.6 is 0 Å². The monoisotopic (exact) mass is 397 g/mol. The van der Waals surface area contributed by atoms with E-state index in [9.17, 15) is 4.79 Å². The van der Waals surface area contributed by atoms with Crippen LogP contribution in [-0.4, -0.2) is 63.0 Å². The second-order valence-electron chi connectivity index (χ2n) is 7.23. The standard InChI is InChI=1S/C22H27N3O4/c26-22(23-14-18-16-28-20-8-4-5-9-21(20)29-18)24-19(17-6-2-1-3-7-17)15-25-10-12-27-13-11-25/h1-9,18-19H,10-16H2,(H2,23,24,26)/t18-,19+/m1/s1. The van der Waals surface area contributed by atoms with E-state index in [2.05, 4.69) is 15.5 Å². The molecule has 2 heterocycles. The highest BCUT2D eigenvalue weighted by Gasteiger charge is 2.23. The van der Waals surface area contributed by atoms with Crippen molar-refractivity contribution in [3.05, 3.63) is 60.2 Å². The van der Waals surface area contributed by atoms with Crippen LogP contribution in [0.3, 0.4) is 0 Å². The highest BCUT2D eigenvalue weighted by atomic mass is 16.6. The number of nitrogens with zero attached hydrogens (tertiary/aromatic N) is 1. The lowest BCUT2D eigenvalue weighted by Gasteiger charge is -2.31. The molecule has 2 amide bonds. The van der Waals surface area contributed by atoms with Gasteiger partial charge in [0.1, 0.15) is 6.61 Å². The summed E-state index contributed by atoms with van der Waals surface area (Å²) in [6.07, 6.45) is -0.218. The second-order valence-corrected chi connectivity index (χ2v) is 7.23. The summed E-state index contributed by atoms with van der Waals surface area (Å²) >= 11 is 0. The smallest absolute Gasteiger partial charge is 0.315 e. The molecule has 0 spiro atoms. The van der Waals surface area contributed by atoms with Crippen molar-refractivity contribution < 1.29 is 19.0 Å². The van der Waals surface area contributed by atoms with Crippen molar-refractivity contribution in [1.82, 2.24) is 15.5 Å². The number of benzene rings is 2. The van der Waals surface area contributed by atoms with Gasteiger partial charge in [-0.05, 0) is 17.7 Å². The van der Waals surface area contributed by atoms with Crippen LogP contribution in [0.25, 0.3) is 0 Å². The summed E-state index contributed by atoms with van der Waals surface area (Å²) in [5, 5.41) is 6.03. The Morgan fingerprint density at radius 2 is 1.76 bits per heavy atom. The van der Waals surface area contributed by atoms with Gasteiger partial charge < -0.3 is 24.8 Å². The molecule has 4 rings (SSSR count). The first-order valence-electron chi connectivity index (χ1n) is 10.1. The Kier molecular flexibility index (Phi) is 6.49. The van der Waals surface area contributed by atoms with Gasteiger partial charge in [-0.15, -0.1) is 0 Å². The van der Waals surface area contributed by atoms with Gasteiger partial charge in [0.15, 0.2) is 17.6 Å². The lowest BCUT2D eigenvalue weighted by Crippen LogP contribution is -2.48. The maximum atomic E-state index is 12.6. The van der Waals surface area contributed by atoms with E-state index in [4.69, 9.17) is 14.2 Å². The van der Waals surface area contributed by atoms with Gasteiger partial charge in [-0.2, -0.15) is 0 Å². The summed E-state index contributed by atoms with van der Waals surface area (Å²) in [6, 6.07) is 17.3. The Morgan fingerprint density at radius 1 is 1.03 bits per heavy atom. The van der Waals surface area contributed by atoms with Crippen LogP contribution < -0.4 is 20.1 Å². The molecule has 0 saturated carbocycles. The molecule has 154 valence electrons. The van der Waals surface area contributed by atoms with Gasteiger partial charge in [-0.1, -0.05) is 42.5 Å². The third-order valence-electron chi connectivity index (χ3n) is 5.11. The zero-order chi connectivity index (χ0) is 19.9. The van der Waals surface area contributed by atoms with E-state index < -0.39 is 0 Å². The molecule has 2 aromatic rings. The highest BCUT2D eigenvalue weighted by Crippen LogP contribution is 2.30. The molecule has 29 heavy (non-hydrogen) atoms. The van der Waals surface area contributed by atoms with Crippen LogP contribution in [0, 0.1) is 0 Å². The molecule has 2 aliphatic heterocycles. The number of hydrogen-bond donors (Lipinski definition) is 2. The molecule has 0 bridgehead atoms. The Labute approximate surface area is 170 Å². The largest absolute Gasteiger partial charge is 0.486 e. The first kappa shape index (κ1) is 19.5. The van der Waals surface area contributed by atoms with E-state index in [1.165, 1.54) is 0 Å². The normalized spacial score (nSPS) is 19.9. The summed E-state index contributed by atoms with van der Waals surface area (Å²) in [5.41, 5.74) is 1.08. The van der Waals surface area contributed by atoms with Gasteiger partial charge >= 0.3 is 6.03 Å². The molecule has 2 atom stereocenters. The highest BCUT2D eigenvalue weighted by molar-refractivity contribution is 5.74. The molecule has 1 fully saturated rings. The van der Waals surface area contributed by atoms with Crippen molar-refractivity contribution >= 4 is 6.03 Å². The summed E-state index contributed by atoms with van der Waals surface area (Å²) in [5.74, 6) is 1.45. The van der Waals surface area contributed by atoms with Crippen LogP contribution in [0.2, 0.25) is 0 Å². The molecule has 0 aromatic heterocycles. The first-order valence-corrected chi connectivity index (χ1v) is 10.1. The van der Waals surface area contributed by atoms with Crippen molar-refractivity contribution in [2.45, 2.75) is 12.1 Å². The second kappa shape index (κ2) is 9.62. The number of amides is 2. The predicted octanol–water partition coefficient (Wildman–Crippen LogP) is 2.20. The fraction of sp³-hybridized carbons (Fsp3) is 0.409. The molecule has 2 N–H and O–H groups in total. The molecule has 2 aromatic carbocycles. The number of rotatable bonds is 6. The third kappa shape index (κ3) is 5.40. The Morgan fingerprint density at radius 3 is 2.55 bits per heavy atom. The van der Waals surface area contributed by atoms with Gasteiger partial charge in [-0.25, -0.2) is 4.79 Å². The average Bonchev–Trinajstić information content (AvgIpc) is 2.78. The Bertz CT molecular complexity index is 796. The number of fused-ring (bicyclic) bond motifs is 1. The van der Waals surface area contributed by atoms with Crippen molar-refractivity contribution in [2.24, 2.45) is 0 Å². The number of hydrogen-bond acceptors (Lipinski definition) is 5. The van der Waals surface area contributed by atoms with E-state index in [0.717, 1.165) is 44.2 Å². The topological polar surface area (TPSA) is 72.1 Å². The van der Waals surface area contributed by atoms with Gasteiger partial charge in [0, 0.05) is 19.6 Å². The maximum Gasteiger partial charge on any atom is 0.315 e. The zero-order valence-corrected chi connectivity index (χ0v) is 16.4. The summed E-state index contributed by atoms with van der Waals surface area (Å²) in [7, 11) is 0. The minimum atomic E-state index is -0.218. The maximum absolute atomic E-state index is 12.6. The molecule has 0 aliphatic carbocycles. The van der Waals surface area contributed by atoms with Gasteiger partial charge in [0.25, 0.3) is 0 Å². The minimum Gasteiger partial charge on any atom is -0.486 e. The van der Waals surface area contributed by atoms with Crippen molar-refractivity contribution in [3.8, 4) is 11.5 Å². The van der Waals surface area contributed by atoms with Gasteiger partial charge in [0.05, 0.1) is 25.8 Å². The summed E-state index contributed by atoms with van der Waals surface area (Å²) in [4.78, 5) is 14.9. The van der Waals surface area contributed by atoms with Crippen LogP contribution in [-0.2, 0) is 4.74 Å². The molecule has 1 saturated heterocycles. The Hall–Kier alpha value is -2.77. The van der Waals surface area contributed by atoms with Crippen molar-refractivity contribution in [2.75, 3.05) is 46.0 Å². The summed E-state index contributed by atoms with van der Waals surface area (Å²) in [6.45, 7) is 4.74. The van der Waals surface area contributed by atoms with E-state index in [-0.39, 0.29) is 18.2 Å². The number of morpholine rings is 1. The van der Waals surface area contributed by atoms with E-state index >= 15 is 0 Å². The molecule has 2 aliphatic rings. The zero-order valence-electron chi connectivity index (χ0n) is 16.4. The third-order valence-corrected chi connectivity index (χ3v) is 5.11. The predicted molar refractivity (Wildman–Crippen MR) is 109 cm³/mol. The van der Waals surface area contributed by atoms with Crippen molar-refractivity contribution in [1.29, 1.82) is 0 Å². The van der Waals surface area contributed by atoms with Crippen LogP contribution in [0.1, 0.15) is 11.6 Å². The average molecular weight is 397 g/mol. The number of carbonyl (C=O) groups is 1. The molecule has 7 nitrogen and oxygen atoms in total. The minimum absolute atomic E-state index is 0.0986. The lowest BCUT2D eigenvalue weighted by molar-refractivity contribution is 0.0339. The molecule has 0 radical (unpaired) electrons. The fourth-order valence-electron chi connectivity index (χ4n) is 3.54.